The van der Waals surface area contributed by atoms with Crippen LogP contribution in [0.5, 0.6) is 11.5 Å². The van der Waals surface area contributed by atoms with Crippen molar-refractivity contribution in [3.05, 3.63) is 64.3 Å². The molecule has 1 aliphatic heterocycles. The van der Waals surface area contributed by atoms with E-state index in [1.54, 1.807) is 0 Å². The SMILES string of the molecule is Cc1c(C)c(C)c2c(c1C)Oc1cc3c4ccc(CC(C)(C)C)cc4oc3c3cc[n+](C)c-2c13. The Labute approximate surface area is 201 Å². The molecule has 0 aliphatic carbocycles. The molecule has 0 spiro atoms. The fourth-order valence-corrected chi connectivity index (χ4v) is 5.70. The van der Waals surface area contributed by atoms with E-state index in [-0.39, 0.29) is 5.41 Å². The van der Waals surface area contributed by atoms with Gasteiger partial charge in [-0.1, -0.05) is 32.9 Å². The van der Waals surface area contributed by atoms with Crippen LogP contribution in [0.25, 0.3) is 44.0 Å². The fraction of sp³-hybridized carbons (Fsp3) is 0.323. The predicted molar refractivity (Wildman–Crippen MR) is 140 cm³/mol. The Bertz CT molecular complexity index is 1680. The van der Waals surface area contributed by atoms with E-state index in [2.05, 4.69) is 96.6 Å². The predicted octanol–water partition coefficient (Wildman–Crippen LogP) is 8.16. The number of aryl methyl sites for hydroxylation is 1. The zero-order valence-electron chi connectivity index (χ0n) is 21.4. The van der Waals surface area contributed by atoms with Gasteiger partial charge in [0.25, 0.3) is 0 Å². The van der Waals surface area contributed by atoms with Crippen molar-refractivity contribution < 1.29 is 13.7 Å². The Kier molecular flexibility index (Phi) is 4.27. The minimum absolute atomic E-state index is 0.230. The van der Waals surface area contributed by atoms with Crippen molar-refractivity contribution in [1.82, 2.24) is 0 Å². The highest BCUT2D eigenvalue weighted by molar-refractivity contribution is 6.19. The second-order valence-electron chi connectivity index (χ2n) is 11.3. The number of ether oxygens (including phenoxy) is 1. The van der Waals surface area contributed by atoms with E-state index >= 15 is 0 Å². The first-order valence-corrected chi connectivity index (χ1v) is 12.1. The molecule has 0 fully saturated rings. The second kappa shape index (κ2) is 6.85. The molecule has 3 nitrogen and oxygen atoms in total. The van der Waals surface area contributed by atoms with Gasteiger partial charge in [-0.05, 0) is 79.5 Å². The van der Waals surface area contributed by atoms with Gasteiger partial charge in [-0.2, -0.15) is 0 Å². The molecule has 0 amide bonds. The van der Waals surface area contributed by atoms with Gasteiger partial charge in [-0.15, -0.1) is 0 Å². The normalized spacial score (nSPS) is 13.1. The molecular formula is C31H32NO2+. The summed E-state index contributed by atoms with van der Waals surface area (Å²) < 4.78 is 15.5. The van der Waals surface area contributed by atoms with Gasteiger partial charge in [-0.3, -0.25) is 0 Å². The minimum atomic E-state index is 0.230. The molecule has 3 heterocycles. The average molecular weight is 451 g/mol. The average Bonchev–Trinajstić information content (AvgIpc) is 3.14. The summed E-state index contributed by atoms with van der Waals surface area (Å²) in [5, 5.41) is 4.49. The van der Waals surface area contributed by atoms with E-state index in [9.17, 15) is 0 Å². The van der Waals surface area contributed by atoms with Gasteiger partial charge < -0.3 is 9.15 Å². The quantitative estimate of drug-likeness (QED) is 0.236. The van der Waals surface area contributed by atoms with Crippen molar-refractivity contribution in [2.24, 2.45) is 12.5 Å². The number of furan rings is 1. The zero-order valence-corrected chi connectivity index (χ0v) is 21.4. The Balaban J connectivity index is 1.71. The number of nitrogens with zero attached hydrogens (tertiary/aromatic N) is 1. The maximum atomic E-state index is 6.71. The smallest absolute Gasteiger partial charge is 0.228 e. The summed E-state index contributed by atoms with van der Waals surface area (Å²) in [6, 6.07) is 11.0. The molecule has 2 aromatic heterocycles. The highest BCUT2D eigenvalue weighted by Crippen LogP contribution is 2.51. The third-order valence-corrected chi connectivity index (χ3v) is 7.70. The highest BCUT2D eigenvalue weighted by Gasteiger charge is 2.33. The van der Waals surface area contributed by atoms with Crippen molar-refractivity contribution >= 4 is 32.7 Å². The van der Waals surface area contributed by atoms with E-state index in [1.165, 1.54) is 39.1 Å². The van der Waals surface area contributed by atoms with Crippen LogP contribution in [0, 0.1) is 33.1 Å². The fourth-order valence-electron chi connectivity index (χ4n) is 5.70. The van der Waals surface area contributed by atoms with Gasteiger partial charge in [0.05, 0.1) is 5.56 Å². The highest BCUT2D eigenvalue weighted by atomic mass is 16.5. The summed E-state index contributed by atoms with van der Waals surface area (Å²) in [7, 11) is 2.12. The number of benzene rings is 3. The lowest BCUT2D eigenvalue weighted by atomic mass is 9.87. The third-order valence-electron chi connectivity index (χ3n) is 7.70. The molecule has 0 saturated heterocycles. The summed E-state index contributed by atoms with van der Waals surface area (Å²) in [6.07, 6.45) is 3.17. The van der Waals surface area contributed by atoms with Crippen LogP contribution in [-0.4, -0.2) is 0 Å². The van der Waals surface area contributed by atoms with Gasteiger partial charge >= 0.3 is 0 Å². The Morgan fingerprint density at radius 1 is 0.824 bits per heavy atom. The molecule has 0 radical (unpaired) electrons. The summed E-state index contributed by atoms with van der Waals surface area (Å²) in [5.41, 5.74) is 10.9. The molecule has 6 rings (SSSR count). The molecule has 0 unspecified atom stereocenters. The lowest BCUT2D eigenvalue weighted by Gasteiger charge is -2.25. The van der Waals surface area contributed by atoms with Crippen LogP contribution in [0.3, 0.4) is 0 Å². The van der Waals surface area contributed by atoms with Crippen LogP contribution in [0.2, 0.25) is 0 Å². The van der Waals surface area contributed by atoms with Gasteiger partial charge in [0.2, 0.25) is 5.69 Å². The minimum Gasteiger partial charge on any atom is -0.455 e. The summed E-state index contributed by atoms with van der Waals surface area (Å²) in [4.78, 5) is 0. The van der Waals surface area contributed by atoms with E-state index in [0.717, 1.165) is 50.6 Å². The summed E-state index contributed by atoms with van der Waals surface area (Å²) >= 11 is 0. The second-order valence-corrected chi connectivity index (χ2v) is 11.3. The molecule has 172 valence electrons. The first kappa shape index (κ1) is 21.2. The van der Waals surface area contributed by atoms with Crippen LogP contribution in [-0.2, 0) is 13.5 Å². The Morgan fingerprint density at radius 3 is 2.29 bits per heavy atom. The zero-order chi connectivity index (χ0) is 24.1. The third kappa shape index (κ3) is 2.86. The molecule has 0 bridgehead atoms. The summed E-state index contributed by atoms with van der Waals surface area (Å²) in [6.45, 7) is 15.6. The first-order chi connectivity index (χ1) is 16.0. The van der Waals surface area contributed by atoms with Crippen molar-refractivity contribution in [3.63, 3.8) is 0 Å². The Hall–Kier alpha value is -3.33. The van der Waals surface area contributed by atoms with E-state index in [4.69, 9.17) is 9.15 Å². The molecule has 1 aliphatic rings. The van der Waals surface area contributed by atoms with E-state index in [1.807, 2.05) is 0 Å². The maximum absolute atomic E-state index is 6.71. The van der Waals surface area contributed by atoms with Gasteiger partial charge in [0.1, 0.15) is 35.1 Å². The van der Waals surface area contributed by atoms with Crippen LogP contribution in [0.1, 0.15) is 48.6 Å². The molecule has 0 N–H and O–H groups in total. The van der Waals surface area contributed by atoms with E-state index < -0.39 is 0 Å². The first-order valence-electron chi connectivity index (χ1n) is 12.1. The topological polar surface area (TPSA) is 26.2 Å². The van der Waals surface area contributed by atoms with Crippen molar-refractivity contribution in [2.75, 3.05) is 0 Å². The number of pyridine rings is 1. The Morgan fingerprint density at radius 2 is 1.56 bits per heavy atom. The number of aromatic nitrogens is 1. The lowest BCUT2D eigenvalue weighted by molar-refractivity contribution is -0.659. The molecule has 5 aromatic rings. The van der Waals surface area contributed by atoms with Crippen LogP contribution >= 0.6 is 0 Å². The van der Waals surface area contributed by atoms with Crippen molar-refractivity contribution in [1.29, 1.82) is 0 Å². The van der Waals surface area contributed by atoms with Crippen LogP contribution < -0.4 is 9.30 Å². The molecule has 0 saturated carbocycles. The maximum Gasteiger partial charge on any atom is 0.228 e. The van der Waals surface area contributed by atoms with Crippen LogP contribution in [0.15, 0.2) is 40.9 Å². The molecule has 34 heavy (non-hydrogen) atoms. The number of fused-ring (bicyclic) bond motifs is 6. The number of hydrogen-bond acceptors (Lipinski definition) is 2. The van der Waals surface area contributed by atoms with Crippen molar-refractivity contribution in [3.8, 4) is 22.8 Å². The molecule has 0 atom stereocenters. The van der Waals surface area contributed by atoms with Gasteiger partial charge in [-0.25, -0.2) is 4.57 Å². The number of rotatable bonds is 1. The van der Waals surface area contributed by atoms with Crippen molar-refractivity contribution in [2.45, 2.75) is 54.9 Å². The lowest BCUT2D eigenvalue weighted by Crippen LogP contribution is -2.32. The van der Waals surface area contributed by atoms with Gasteiger partial charge in [0.15, 0.2) is 6.20 Å². The standard InChI is InChI=1S/C31H32NO2/c1-16-17(2)19(4)29-26(18(16)3)28-27-22(11-12-32(28)8)30-23(14-25(27)34-29)21-10-9-20(13-24(21)33-30)15-31(5,6)7/h9-14H,15H2,1-8H3/q+1. The summed E-state index contributed by atoms with van der Waals surface area (Å²) in [5.74, 6) is 1.89. The van der Waals surface area contributed by atoms with E-state index in [0.29, 0.717) is 0 Å². The molecule has 3 heteroatoms. The number of hydrogen-bond donors (Lipinski definition) is 0. The molecular weight excluding hydrogens is 418 g/mol. The monoisotopic (exact) mass is 450 g/mol. The van der Waals surface area contributed by atoms with Crippen LogP contribution in [0.4, 0.5) is 0 Å². The molecule has 3 aromatic carbocycles. The van der Waals surface area contributed by atoms with Gasteiger partial charge in [0, 0.05) is 22.2 Å². The largest absolute Gasteiger partial charge is 0.455 e.